The molecule has 1 aliphatic carbocycles. The Hall–Kier alpha value is -2.51. The van der Waals surface area contributed by atoms with Gasteiger partial charge in [-0.3, -0.25) is 4.90 Å². The third-order valence-corrected chi connectivity index (χ3v) is 4.72. The minimum absolute atomic E-state index is 0.0163. The zero-order valence-electron chi connectivity index (χ0n) is 13.4. The number of hydrogen-bond donors (Lipinski definition) is 2. The standard InChI is InChI=1S/C17H17NO2.C2H3N/c1-18-8-7-10-3-2-4-12-15(10)13(18)9-11-5-6-14(19)17(20)16(11)12;1-2-3/h2-6,13,19-20H,7-9H2,1H3;1H3/t13-;/m1./s1. The Balaban J connectivity index is 0.000000485. The summed E-state index contributed by atoms with van der Waals surface area (Å²) in [5, 5.41) is 27.4. The van der Waals surface area contributed by atoms with Crippen LogP contribution in [0.3, 0.4) is 0 Å². The molecule has 1 atom stereocenters. The maximum Gasteiger partial charge on any atom is 0.165 e. The Labute approximate surface area is 136 Å². The van der Waals surface area contributed by atoms with E-state index in [-0.39, 0.29) is 11.5 Å². The molecule has 4 rings (SSSR count). The number of phenols is 2. The van der Waals surface area contributed by atoms with Crippen LogP contribution < -0.4 is 0 Å². The molecule has 0 bridgehead atoms. The van der Waals surface area contributed by atoms with Crippen LogP contribution >= 0.6 is 0 Å². The van der Waals surface area contributed by atoms with E-state index in [9.17, 15) is 10.2 Å². The van der Waals surface area contributed by atoms with Crippen molar-refractivity contribution in [2.45, 2.75) is 25.8 Å². The van der Waals surface area contributed by atoms with Gasteiger partial charge in [-0.15, -0.1) is 0 Å². The molecule has 23 heavy (non-hydrogen) atoms. The fourth-order valence-corrected chi connectivity index (χ4v) is 3.67. The normalized spacial score (nSPS) is 18.0. The molecule has 0 amide bonds. The zero-order valence-corrected chi connectivity index (χ0v) is 13.4. The molecule has 1 heterocycles. The molecule has 2 aromatic rings. The monoisotopic (exact) mass is 308 g/mol. The number of nitriles is 1. The quantitative estimate of drug-likeness (QED) is 0.732. The molecule has 2 N–H and O–H groups in total. The molecule has 4 heteroatoms. The molecule has 0 saturated carbocycles. The van der Waals surface area contributed by atoms with Crippen LogP contribution in [0.1, 0.15) is 29.7 Å². The first-order chi connectivity index (χ1) is 11.1. The topological polar surface area (TPSA) is 67.5 Å². The van der Waals surface area contributed by atoms with Gasteiger partial charge in [0.1, 0.15) is 0 Å². The second-order valence-corrected chi connectivity index (χ2v) is 6.02. The Morgan fingerprint density at radius 2 is 1.91 bits per heavy atom. The fraction of sp³-hybridized carbons (Fsp3) is 0.316. The first kappa shape index (κ1) is 15.4. The van der Waals surface area contributed by atoms with E-state index in [1.54, 1.807) is 12.1 Å². The van der Waals surface area contributed by atoms with Crippen molar-refractivity contribution >= 4 is 0 Å². The highest BCUT2D eigenvalue weighted by Crippen LogP contribution is 2.49. The number of benzene rings is 2. The van der Waals surface area contributed by atoms with Crippen molar-refractivity contribution in [1.82, 2.24) is 4.90 Å². The SMILES string of the molecule is CC#N.CN1CCc2cccc3c2[C@H]1Cc1ccc(O)c(O)c1-3. The molecule has 4 nitrogen and oxygen atoms in total. The van der Waals surface area contributed by atoms with Crippen LogP contribution in [0.25, 0.3) is 11.1 Å². The van der Waals surface area contributed by atoms with Crippen LogP contribution in [-0.4, -0.2) is 28.7 Å². The molecule has 0 unspecified atom stereocenters. The lowest BCUT2D eigenvalue weighted by Crippen LogP contribution is -2.35. The summed E-state index contributed by atoms with van der Waals surface area (Å²) in [6, 6.07) is 11.9. The minimum Gasteiger partial charge on any atom is -0.504 e. The largest absolute Gasteiger partial charge is 0.504 e. The second kappa shape index (κ2) is 5.94. The maximum atomic E-state index is 10.3. The van der Waals surface area contributed by atoms with Crippen molar-refractivity contribution in [3.05, 3.63) is 47.0 Å². The van der Waals surface area contributed by atoms with Crippen molar-refractivity contribution in [2.75, 3.05) is 13.6 Å². The number of fused-ring (bicyclic) bond motifs is 2. The Kier molecular flexibility index (Phi) is 3.97. The minimum atomic E-state index is -0.0380. The summed E-state index contributed by atoms with van der Waals surface area (Å²) in [7, 11) is 2.16. The van der Waals surface area contributed by atoms with E-state index in [1.807, 2.05) is 6.07 Å². The molecule has 0 spiro atoms. The van der Waals surface area contributed by atoms with Crippen LogP contribution in [0.4, 0.5) is 0 Å². The van der Waals surface area contributed by atoms with E-state index < -0.39 is 0 Å². The van der Waals surface area contributed by atoms with Crippen LogP contribution in [-0.2, 0) is 12.8 Å². The van der Waals surface area contributed by atoms with Gasteiger partial charge in [-0.05, 0) is 48.2 Å². The number of phenolic OH excluding ortho intramolecular Hbond substituents is 2. The van der Waals surface area contributed by atoms with Crippen LogP contribution in [0.5, 0.6) is 11.5 Å². The second-order valence-electron chi connectivity index (χ2n) is 6.02. The predicted molar refractivity (Wildman–Crippen MR) is 89.3 cm³/mol. The highest BCUT2D eigenvalue weighted by molar-refractivity contribution is 5.82. The lowest BCUT2D eigenvalue weighted by atomic mass is 9.77. The number of likely N-dealkylation sites (N-methyl/N-ethyl adjacent to an activating group) is 1. The summed E-state index contributed by atoms with van der Waals surface area (Å²) in [4.78, 5) is 2.39. The molecular weight excluding hydrogens is 288 g/mol. The van der Waals surface area contributed by atoms with Gasteiger partial charge in [0.15, 0.2) is 11.5 Å². The molecule has 0 radical (unpaired) electrons. The summed E-state index contributed by atoms with van der Waals surface area (Å²) >= 11 is 0. The lowest BCUT2D eigenvalue weighted by molar-refractivity contribution is 0.228. The molecule has 2 aromatic carbocycles. The predicted octanol–water partition coefficient (Wildman–Crippen LogP) is 3.38. The van der Waals surface area contributed by atoms with Gasteiger partial charge in [0.2, 0.25) is 0 Å². The molecular formula is C19H20N2O2. The van der Waals surface area contributed by atoms with E-state index in [2.05, 4.69) is 30.1 Å². The highest BCUT2D eigenvalue weighted by atomic mass is 16.3. The summed E-state index contributed by atoms with van der Waals surface area (Å²) in [5.74, 6) is -0.0217. The van der Waals surface area contributed by atoms with E-state index in [0.717, 1.165) is 36.1 Å². The van der Waals surface area contributed by atoms with Gasteiger partial charge in [0, 0.05) is 25.1 Å². The Morgan fingerprint density at radius 3 is 2.65 bits per heavy atom. The average molecular weight is 308 g/mol. The van der Waals surface area contributed by atoms with E-state index >= 15 is 0 Å². The van der Waals surface area contributed by atoms with Gasteiger partial charge >= 0.3 is 0 Å². The van der Waals surface area contributed by atoms with Crippen molar-refractivity contribution < 1.29 is 10.2 Å². The van der Waals surface area contributed by atoms with Gasteiger partial charge in [0.05, 0.1) is 6.07 Å². The van der Waals surface area contributed by atoms with Crippen molar-refractivity contribution in [2.24, 2.45) is 0 Å². The summed E-state index contributed by atoms with van der Waals surface area (Å²) < 4.78 is 0. The van der Waals surface area contributed by atoms with Gasteiger partial charge in [-0.1, -0.05) is 24.3 Å². The zero-order chi connectivity index (χ0) is 16.6. The molecule has 0 saturated heterocycles. The Bertz CT molecular complexity index is 793. The average Bonchev–Trinajstić information content (AvgIpc) is 2.55. The molecule has 1 aliphatic heterocycles. The lowest BCUT2D eigenvalue weighted by Gasteiger charge is -2.39. The number of aromatic hydroxyl groups is 2. The summed E-state index contributed by atoms with van der Waals surface area (Å²) in [5.41, 5.74) is 5.71. The van der Waals surface area contributed by atoms with Gasteiger partial charge in [0.25, 0.3) is 0 Å². The van der Waals surface area contributed by atoms with Crippen molar-refractivity contribution in [3.8, 4) is 28.7 Å². The van der Waals surface area contributed by atoms with Crippen LogP contribution in [0, 0.1) is 11.3 Å². The molecule has 0 fully saturated rings. The third kappa shape index (κ3) is 2.43. The van der Waals surface area contributed by atoms with Gasteiger partial charge < -0.3 is 10.2 Å². The third-order valence-electron chi connectivity index (χ3n) is 4.72. The van der Waals surface area contributed by atoms with Gasteiger partial charge in [-0.25, -0.2) is 0 Å². The maximum absolute atomic E-state index is 10.3. The Morgan fingerprint density at radius 1 is 1.17 bits per heavy atom. The first-order valence-corrected chi connectivity index (χ1v) is 7.75. The molecule has 118 valence electrons. The number of nitrogens with zero attached hydrogens (tertiary/aromatic N) is 2. The number of hydrogen-bond acceptors (Lipinski definition) is 4. The molecule has 0 aromatic heterocycles. The highest BCUT2D eigenvalue weighted by Gasteiger charge is 2.33. The van der Waals surface area contributed by atoms with Gasteiger partial charge in [-0.2, -0.15) is 5.26 Å². The van der Waals surface area contributed by atoms with Crippen LogP contribution in [0.2, 0.25) is 0 Å². The van der Waals surface area contributed by atoms with Crippen molar-refractivity contribution in [1.29, 1.82) is 5.26 Å². The summed E-state index contributed by atoms with van der Waals surface area (Å²) in [6.07, 6.45) is 1.94. The smallest absolute Gasteiger partial charge is 0.165 e. The number of rotatable bonds is 0. The molecule has 2 aliphatic rings. The first-order valence-electron chi connectivity index (χ1n) is 7.75. The van der Waals surface area contributed by atoms with E-state index in [1.165, 1.54) is 18.1 Å². The van der Waals surface area contributed by atoms with E-state index in [0.29, 0.717) is 6.04 Å². The fourth-order valence-electron chi connectivity index (χ4n) is 3.67. The van der Waals surface area contributed by atoms with E-state index in [4.69, 9.17) is 5.26 Å². The van der Waals surface area contributed by atoms with Crippen molar-refractivity contribution in [3.63, 3.8) is 0 Å². The van der Waals surface area contributed by atoms with Crippen LogP contribution in [0.15, 0.2) is 30.3 Å². The summed E-state index contributed by atoms with van der Waals surface area (Å²) in [6.45, 7) is 2.50.